The number of imidazole rings is 1. The van der Waals surface area contributed by atoms with Crippen molar-refractivity contribution in [2.24, 2.45) is 5.92 Å². The van der Waals surface area contributed by atoms with Gasteiger partial charge in [-0.25, -0.2) is 18.7 Å². The number of benzene rings is 1. The van der Waals surface area contributed by atoms with Crippen LogP contribution >= 0.6 is 0 Å². The van der Waals surface area contributed by atoms with Crippen LogP contribution in [0, 0.1) is 24.5 Å². The fraction of sp³-hybridized carbons (Fsp3) is 0.316. The molecule has 1 amide bonds. The van der Waals surface area contributed by atoms with Gasteiger partial charge >= 0.3 is 0 Å². The highest BCUT2D eigenvalue weighted by molar-refractivity contribution is 5.98. The van der Waals surface area contributed by atoms with Crippen LogP contribution in [-0.2, 0) is 0 Å². The Morgan fingerprint density at radius 2 is 2.08 bits per heavy atom. The summed E-state index contributed by atoms with van der Waals surface area (Å²) in [6, 6.07) is 4.93. The largest absolute Gasteiger partial charge is 0.348 e. The number of hydrogen-bond acceptors (Lipinski definition) is 3. The van der Waals surface area contributed by atoms with Crippen molar-refractivity contribution in [3.8, 4) is 11.3 Å². The van der Waals surface area contributed by atoms with Gasteiger partial charge in [0.25, 0.3) is 5.91 Å². The molecular formula is C19H18F2N4O. The Balaban J connectivity index is 1.77. The van der Waals surface area contributed by atoms with Crippen LogP contribution in [0.2, 0.25) is 0 Å². The summed E-state index contributed by atoms with van der Waals surface area (Å²) >= 11 is 0. The lowest BCUT2D eigenvalue weighted by Crippen LogP contribution is -2.34. The van der Waals surface area contributed by atoms with E-state index in [1.54, 1.807) is 17.4 Å². The van der Waals surface area contributed by atoms with E-state index in [1.807, 2.05) is 6.92 Å². The first-order chi connectivity index (χ1) is 12.4. The molecule has 0 saturated heterocycles. The monoisotopic (exact) mass is 356 g/mol. The summed E-state index contributed by atoms with van der Waals surface area (Å²) in [4.78, 5) is 21.2. The molecule has 1 unspecified atom stereocenters. The zero-order valence-electron chi connectivity index (χ0n) is 14.5. The van der Waals surface area contributed by atoms with E-state index in [9.17, 15) is 13.6 Å². The van der Waals surface area contributed by atoms with Gasteiger partial charge < -0.3 is 5.32 Å². The van der Waals surface area contributed by atoms with Gasteiger partial charge in [0.05, 0.1) is 5.69 Å². The predicted molar refractivity (Wildman–Crippen MR) is 92.7 cm³/mol. The minimum absolute atomic E-state index is 0.0505. The highest BCUT2D eigenvalue weighted by Crippen LogP contribution is 2.32. The third-order valence-electron chi connectivity index (χ3n) is 4.80. The predicted octanol–water partition coefficient (Wildman–Crippen LogP) is 3.51. The van der Waals surface area contributed by atoms with Crippen LogP contribution in [0.1, 0.15) is 35.9 Å². The Morgan fingerprint density at radius 3 is 2.81 bits per heavy atom. The van der Waals surface area contributed by atoms with Crippen molar-refractivity contribution in [3.05, 3.63) is 53.6 Å². The molecule has 0 radical (unpaired) electrons. The van der Waals surface area contributed by atoms with Crippen molar-refractivity contribution in [2.75, 3.05) is 0 Å². The zero-order chi connectivity index (χ0) is 18.4. The average molecular weight is 356 g/mol. The number of nitrogens with one attached hydrogen (secondary N) is 1. The summed E-state index contributed by atoms with van der Waals surface area (Å²) in [7, 11) is 0. The molecule has 1 saturated carbocycles. The molecule has 0 bridgehead atoms. The second-order valence-corrected chi connectivity index (χ2v) is 6.79. The highest BCUT2D eigenvalue weighted by atomic mass is 19.1. The average Bonchev–Trinajstić information content (AvgIpc) is 3.36. The van der Waals surface area contributed by atoms with E-state index in [0.29, 0.717) is 11.6 Å². The Bertz CT molecular complexity index is 1010. The van der Waals surface area contributed by atoms with Crippen LogP contribution in [0.15, 0.2) is 30.6 Å². The SMILES string of the molecule is Cc1cc(-c2cc(F)ccc2F)nc2c(C(=O)NC(C)C3CC3)ncn12. The first-order valence-corrected chi connectivity index (χ1v) is 8.55. The summed E-state index contributed by atoms with van der Waals surface area (Å²) in [6.45, 7) is 3.77. The maximum Gasteiger partial charge on any atom is 0.274 e. The Labute approximate surface area is 149 Å². The lowest BCUT2D eigenvalue weighted by atomic mass is 10.1. The number of carbonyl (C=O) groups excluding carboxylic acids is 1. The van der Waals surface area contributed by atoms with E-state index in [1.165, 1.54) is 6.33 Å². The number of nitrogens with zero attached hydrogens (tertiary/aromatic N) is 3. The molecule has 2 heterocycles. The molecular weight excluding hydrogens is 338 g/mol. The van der Waals surface area contributed by atoms with Crippen molar-refractivity contribution < 1.29 is 13.6 Å². The van der Waals surface area contributed by atoms with Crippen LogP contribution < -0.4 is 5.32 Å². The third-order valence-corrected chi connectivity index (χ3v) is 4.80. The summed E-state index contributed by atoms with van der Waals surface area (Å²) in [5, 5.41) is 2.95. The van der Waals surface area contributed by atoms with E-state index in [4.69, 9.17) is 0 Å². The van der Waals surface area contributed by atoms with Crippen LogP contribution in [0.5, 0.6) is 0 Å². The van der Waals surface area contributed by atoms with Gasteiger partial charge in [0.15, 0.2) is 11.3 Å². The van der Waals surface area contributed by atoms with Crippen molar-refractivity contribution >= 4 is 11.6 Å². The Hall–Kier alpha value is -2.83. The van der Waals surface area contributed by atoms with Crippen LogP contribution in [-0.4, -0.2) is 26.3 Å². The van der Waals surface area contributed by atoms with E-state index >= 15 is 0 Å². The summed E-state index contributed by atoms with van der Waals surface area (Å²) in [5.41, 5.74) is 1.53. The number of amides is 1. The van der Waals surface area contributed by atoms with E-state index < -0.39 is 11.6 Å². The number of fused-ring (bicyclic) bond motifs is 1. The van der Waals surface area contributed by atoms with Crippen LogP contribution in [0.3, 0.4) is 0 Å². The molecule has 1 atom stereocenters. The quantitative estimate of drug-likeness (QED) is 0.778. The van der Waals surface area contributed by atoms with Crippen LogP contribution in [0.25, 0.3) is 16.9 Å². The number of aryl methyl sites for hydroxylation is 1. The topological polar surface area (TPSA) is 59.3 Å². The van der Waals surface area contributed by atoms with E-state index in [-0.39, 0.29) is 28.9 Å². The molecule has 5 nitrogen and oxygen atoms in total. The van der Waals surface area contributed by atoms with Gasteiger partial charge in [0, 0.05) is 17.3 Å². The summed E-state index contributed by atoms with van der Waals surface area (Å²) < 4.78 is 29.3. The smallest absolute Gasteiger partial charge is 0.274 e. The molecule has 1 aromatic carbocycles. The standard InChI is InChI=1S/C19H18F2N4O/c1-10-7-16(14-8-13(20)5-6-15(14)21)24-18-17(22-9-25(10)18)19(26)23-11(2)12-3-4-12/h5-9,11-12H,3-4H2,1-2H3,(H,23,26). The second kappa shape index (κ2) is 6.16. The molecule has 7 heteroatoms. The number of hydrogen-bond donors (Lipinski definition) is 1. The van der Waals surface area contributed by atoms with Gasteiger partial charge in [-0.15, -0.1) is 0 Å². The zero-order valence-corrected chi connectivity index (χ0v) is 14.5. The van der Waals surface area contributed by atoms with E-state index in [0.717, 1.165) is 36.7 Å². The first kappa shape index (κ1) is 16.6. The summed E-state index contributed by atoms with van der Waals surface area (Å²) in [5.74, 6) is -0.920. The van der Waals surface area contributed by atoms with Crippen molar-refractivity contribution in [3.63, 3.8) is 0 Å². The van der Waals surface area contributed by atoms with Gasteiger partial charge in [0.2, 0.25) is 0 Å². The molecule has 26 heavy (non-hydrogen) atoms. The van der Waals surface area contributed by atoms with Crippen molar-refractivity contribution in [1.82, 2.24) is 19.7 Å². The minimum atomic E-state index is -0.574. The number of carbonyl (C=O) groups is 1. The molecule has 0 aliphatic heterocycles. The molecule has 3 aromatic rings. The molecule has 1 aliphatic carbocycles. The van der Waals surface area contributed by atoms with Gasteiger partial charge in [-0.1, -0.05) is 0 Å². The van der Waals surface area contributed by atoms with Gasteiger partial charge in [0.1, 0.15) is 18.0 Å². The Morgan fingerprint density at radius 1 is 1.31 bits per heavy atom. The minimum Gasteiger partial charge on any atom is -0.348 e. The third kappa shape index (κ3) is 2.94. The van der Waals surface area contributed by atoms with Gasteiger partial charge in [-0.2, -0.15) is 0 Å². The normalized spacial score (nSPS) is 15.2. The van der Waals surface area contributed by atoms with Crippen molar-refractivity contribution in [2.45, 2.75) is 32.7 Å². The highest BCUT2D eigenvalue weighted by Gasteiger charge is 2.30. The fourth-order valence-electron chi connectivity index (χ4n) is 3.10. The molecule has 134 valence electrons. The molecule has 0 spiro atoms. The first-order valence-electron chi connectivity index (χ1n) is 8.55. The molecule has 2 aromatic heterocycles. The van der Waals surface area contributed by atoms with Gasteiger partial charge in [-0.05, 0) is 56.9 Å². The fourth-order valence-corrected chi connectivity index (χ4v) is 3.10. The van der Waals surface area contributed by atoms with Crippen LogP contribution in [0.4, 0.5) is 8.78 Å². The van der Waals surface area contributed by atoms with Gasteiger partial charge in [-0.3, -0.25) is 9.20 Å². The molecule has 4 rings (SSSR count). The lowest BCUT2D eigenvalue weighted by molar-refractivity contribution is 0.0933. The lowest BCUT2D eigenvalue weighted by Gasteiger charge is -2.12. The molecule has 1 aliphatic rings. The maximum absolute atomic E-state index is 14.1. The molecule has 1 N–H and O–H groups in total. The number of halogens is 2. The second-order valence-electron chi connectivity index (χ2n) is 6.79. The number of rotatable bonds is 4. The summed E-state index contributed by atoms with van der Waals surface area (Å²) in [6.07, 6.45) is 3.75. The van der Waals surface area contributed by atoms with Crippen molar-refractivity contribution in [1.29, 1.82) is 0 Å². The maximum atomic E-state index is 14.1. The Kier molecular flexibility index (Phi) is 3.94. The number of aromatic nitrogens is 3. The van der Waals surface area contributed by atoms with E-state index in [2.05, 4.69) is 15.3 Å². The molecule has 1 fully saturated rings.